The molecule has 0 bridgehead atoms. The van der Waals surface area contributed by atoms with E-state index in [1.54, 1.807) is 0 Å². The zero-order valence-corrected chi connectivity index (χ0v) is 52.2. The summed E-state index contributed by atoms with van der Waals surface area (Å²) in [6.07, 6.45) is 98.3. The van der Waals surface area contributed by atoms with Gasteiger partial charge in [0.2, 0.25) is 0 Å². The Morgan fingerprint density at radius 2 is 0.494 bits per heavy atom. The summed E-state index contributed by atoms with van der Waals surface area (Å²) in [5.74, 6) is -0.944. The van der Waals surface area contributed by atoms with Crippen molar-refractivity contribution in [1.29, 1.82) is 0 Å². The van der Waals surface area contributed by atoms with Gasteiger partial charge in [0.1, 0.15) is 13.2 Å². The molecule has 0 aromatic carbocycles. The summed E-state index contributed by atoms with van der Waals surface area (Å²) in [6, 6.07) is 0. The molecular weight excluding hydrogens is 997 g/mol. The van der Waals surface area contributed by atoms with Gasteiger partial charge in [-0.2, -0.15) is 0 Å². The van der Waals surface area contributed by atoms with Crippen LogP contribution in [0.5, 0.6) is 0 Å². The molecule has 0 aliphatic rings. The van der Waals surface area contributed by atoms with Crippen LogP contribution in [0.3, 0.4) is 0 Å². The Hall–Kier alpha value is -4.97. The highest BCUT2D eigenvalue weighted by Gasteiger charge is 2.19. The maximum atomic E-state index is 12.9. The van der Waals surface area contributed by atoms with E-state index in [4.69, 9.17) is 14.2 Å². The molecule has 0 spiro atoms. The minimum Gasteiger partial charge on any atom is -0.462 e. The predicted octanol–water partition coefficient (Wildman–Crippen LogP) is 22.9. The Morgan fingerprint density at radius 3 is 0.802 bits per heavy atom. The van der Waals surface area contributed by atoms with Gasteiger partial charge in [-0.3, -0.25) is 14.4 Å². The van der Waals surface area contributed by atoms with Crippen molar-refractivity contribution in [3.8, 4) is 0 Å². The zero-order chi connectivity index (χ0) is 58.5. The summed E-state index contributed by atoms with van der Waals surface area (Å²) in [7, 11) is 0. The monoisotopic (exact) mass is 1120 g/mol. The standard InChI is InChI=1S/C75H120O6/c1-4-7-10-13-16-19-22-24-26-28-29-30-31-32-33-34-35-36-37-38-39-40-41-42-43-44-45-47-48-50-53-56-59-62-65-68-74(77)80-71-72(70-79-73(76)67-64-61-58-55-52-21-18-15-12-9-6-3)81-75(78)69-66-63-60-57-54-51-49-46-27-25-23-20-17-14-11-8-5-2/h7,10,15-20,24-27,29-30,32-33,35-36,38-39,41-42,44-45,48,50,72H,4-6,8-9,11-14,21-23,28,31,34,37,40,43,46-47,49,51-71H2,1-3H3/b10-7-,18-15-,19-16-,20-17-,26-24-,27-25-,30-29-,33-32-,36-35-,39-38-,42-41-,45-44-,50-48-. The number of hydrogen-bond donors (Lipinski definition) is 0. The summed E-state index contributed by atoms with van der Waals surface area (Å²) < 4.78 is 16.9. The van der Waals surface area contributed by atoms with Crippen molar-refractivity contribution in [2.45, 2.75) is 284 Å². The summed E-state index contributed by atoms with van der Waals surface area (Å²) in [5.41, 5.74) is 0. The maximum Gasteiger partial charge on any atom is 0.306 e. The van der Waals surface area contributed by atoms with E-state index < -0.39 is 6.10 Å². The van der Waals surface area contributed by atoms with Crippen LogP contribution in [-0.2, 0) is 28.6 Å². The predicted molar refractivity (Wildman–Crippen MR) is 352 cm³/mol. The largest absolute Gasteiger partial charge is 0.462 e. The smallest absolute Gasteiger partial charge is 0.306 e. The van der Waals surface area contributed by atoms with Gasteiger partial charge in [0, 0.05) is 19.3 Å². The number of unbranched alkanes of at least 4 members (excludes halogenated alkanes) is 21. The van der Waals surface area contributed by atoms with Gasteiger partial charge in [0.05, 0.1) is 0 Å². The lowest BCUT2D eigenvalue weighted by molar-refractivity contribution is -0.167. The Kier molecular flexibility index (Phi) is 63.4. The summed E-state index contributed by atoms with van der Waals surface area (Å²) in [5, 5.41) is 0. The molecule has 0 aromatic heterocycles. The van der Waals surface area contributed by atoms with E-state index in [9.17, 15) is 14.4 Å². The lowest BCUT2D eigenvalue weighted by atomic mass is 10.1. The first-order valence-electron chi connectivity index (χ1n) is 33.0. The van der Waals surface area contributed by atoms with Crippen LogP contribution in [0.15, 0.2) is 158 Å². The second-order valence-corrected chi connectivity index (χ2v) is 21.3. The van der Waals surface area contributed by atoms with Crippen LogP contribution in [0.25, 0.3) is 0 Å². The van der Waals surface area contributed by atoms with Gasteiger partial charge in [-0.15, -0.1) is 0 Å². The van der Waals surface area contributed by atoms with E-state index in [-0.39, 0.29) is 31.1 Å². The van der Waals surface area contributed by atoms with Gasteiger partial charge in [-0.05, 0) is 148 Å². The molecule has 0 aliphatic carbocycles. The van der Waals surface area contributed by atoms with Crippen molar-refractivity contribution in [2.75, 3.05) is 13.2 Å². The van der Waals surface area contributed by atoms with E-state index in [0.29, 0.717) is 19.3 Å². The molecule has 0 aliphatic heterocycles. The van der Waals surface area contributed by atoms with E-state index in [1.807, 2.05) is 0 Å². The Morgan fingerprint density at radius 1 is 0.259 bits per heavy atom. The van der Waals surface area contributed by atoms with Crippen LogP contribution in [-0.4, -0.2) is 37.2 Å². The van der Waals surface area contributed by atoms with Gasteiger partial charge < -0.3 is 14.2 Å². The van der Waals surface area contributed by atoms with E-state index >= 15 is 0 Å². The number of rotatable bonds is 58. The van der Waals surface area contributed by atoms with E-state index in [2.05, 4.69) is 179 Å². The fraction of sp³-hybridized carbons (Fsp3) is 0.613. The molecule has 0 rings (SSSR count). The average Bonchev–Trinajstić information content (AvgIpc) is 3.47. The molecule has 6 nitrogen and oxygen atoms in total. The first kappa shape index (κ1) is 76.0. The normalized spacial score (nSPS) is 13.2. The lowest BCUT2D eigenvalue weighted by Crippen LogP contribution is -2.30. The van der Waals surface area contributed by atoms with Crippen LogP contribution in [0.1, 0.15) is 278 Å². The van der Waals surface area contributed by atoms with Gasteiger partial charge in [0.25, 0.3) is 0 Å². The SMILES string of the molecule is CC/C=C\C/C=C\C/C=C\C/C=C\C/C=C\C/C=C\C/C=C\C/C=C\C/C=C\C/C=C\CCCCCCC(=O)OCC(COC(=O)CCCCCCC/C=C\CCCC)OC(=O)CCCCCCCCC/C=C\C/C=C\CCCCC. The van der Waals surface area contributed by atoms with Crippen molar-refractivity contribution in [3.05, 3.63) is 158 Å². The van der Waals surface area contributed by atoms with Gasteiger partial charge >= 0.3 is 17.9 Å². The number of hydrogen-bond acceptors (Lipinski definition) is 6. The van der Waals surface area contributed by atoms with E-state index in [0.717, 1.165) is 161 Å². The molecule has 0 saturated carbocycles. The fourth-order valence-corrected chi connectivity index (χ4v) is 8.54. The second kappa shape index (κ2) is 67.5. The molecule has 0 fully saturated rings. The molecule has 0 aromatic rings. The third-order valence-corrected chi connectivity index (χ3v) is 13.5. The van der Waals surface area contributed by atoms with Crippen LogP contribution >= 0.6 is 0 Å². The highest BCUT2D eigenvalue weighted by Crippen LogP contribution is 2.14. The molecule has 0 amide bonds. The number of ether oxygens (including phenoxy) is 3. The first-order valence-corrected chi connectivity index (χ1v) is 33.0. The molecule has 0 saturated heterocycles. The van der Waals surface area contributed by atoms with Crippen molar-refractivity contribution in [1.82, 2.24) is 0 Å². The Balaban J connectivity index is 4.32. The number of allylic oxidation sites excluding steroid dienone is 26. The van der Waals surface area contributed by atoms with Crippen LogP contribution in [0.2, 0.25) is 0 Å². The molecule has 81 heavy (non-hydrogen) atoms. The number of carbonyl (C=O) groups is 3. The first-order chi connectivity index (χ1) is 40.0. The van der Waals surface area contributed by atoms with E-state index in [1.165, 1.54) is 77.0 Å². The van der Waals surface area contributed by atoms with Gasteiger partial charge in [-0.25, -0.2) is 0 Å². The maximum absolute atomic E-state index is 12.9. The molecule has 0 N–H and O–H groups in total. The minimum atomic E-state index is -0.803. The highest BCUT2D eigenvalue weighted by molar-refractivity contribution is 5.71. The molecule has 1 unspecified atom stereocenters. The van der Waals surface area contributed by atoms with Crippen LogP contribution in [0, 0.1) is 0 Å². The van der Waals surface area contributed by atoms with Crippen molar-refractivity contribution >= 4 is 17.9 Å². The molecule has 6 heteroatoms. The molecular formula is C75H120O6. The minimum absolute atomic E-state index is 0.0986. The van der Waals surface area contributed by atoms with Crippen molar-refractivity contribution < 1.29 is 28.6 Å². The molecule has 1 atom stereocenters. The fourth-order valence-electron chi connectivity index (χ4n) is 8.54. The number of esters is 3. The quantitative estimate of drug-likeness (QED) is 0.0261. The zero-order valence-electron chi connectivity index (χ0n) is 52.2. The summed E-state index contributed by atoms with van der Waals surface area (Å²) in [4.78, 5) is 38.2. The third kappa shape index (κ3) is 65.7. The van der Waals surface area contributed by atoms with Crippen LogP contribution < -0.4 is 0 Å². The Bertz CT molecular complexity index is 1810. The highest BCUT2D eigenvalue weighted by atomic mass is 16.6. The second-order valence-electron chi connectivity index (χ2n) is 21.3. The average molecular weight is 1120 g/mol. The summed E-state index contributed by atoms with van der Waals surface area (Å²) >= 11 is 0. The van der Waals surface area contributed by atoms with Crippen molar-refractivity contribution in [2.24, 2.45) is 0 Å². The Labute approximate surface area is 499 Å². The molecule has 0 heterocycles. The summed E-state index contributed by atoms with van der Waals surface area (Å²) in [6.45, 7) is 6.42. The third-order valence-electron chi connectivity index (χ3n) is 13.5. The molecule has 456 valence electrons. The molecule has 0 radical (unpaired) electrons. The van der Waals surface area contributed by atoms with Crippen molar-refractivity contribution in [3.63, 3.8) is 0 Å². The van der Waals surface area contributed by atoms with Gasteiger partial charge in [-0.1, -0.05) is 269 Å². The van der Waals surface area contributed by atoms with Gasteiger partial charge in [0.15, 0.2) is 6.10 Å². The van der Waals surface area contributed by atoms with Crippen LogP contribution in [0.4, 0.5) is 0 Å². The number of carbonyl (C=O) groups excluding carboxylic acids is 3. The lowest BCUT2D eigenvalue weighted by Gasteiger charge is -2.18. The topological polar surface area (TPSA) is 78.9 Å².